The van der Waals surface area contributed by atoms with E-state index in [1.54, 1.807) is 6.20 Å². The van der Waals surface area contributed by atoms with Gasteiger partial charge in [-0.15, -0.1) is 0 Å². The summed E-state index contributed by atoms with van der Waals surface area (Å²) in [5.74, 6) is 1.72. The van der Waals surface area contributed by atoms with Crippen molar-refractivity contribution < 1.29 is 4.74 Å². The summed E-state index contributed by atoms with van der Waals surface area (Å²) in [6, 6.07) is 9.68. The van der Waals surface area contributed by atoms with E-state index in [9.17, 15) is 0 Å². The Kier molecular flexibility index (Phi) is 4.96. The Morgan fingerprint density at radius 2 is 2.16 bits per heavy atom. The van der Waals surface area contributed by atoms with Crippen molar-refractivity contribution in [3.63, 3.8) is 0 Å². The third-order valence-electron chi connectivity index (χ3n) is 2.65. The predicted molar refractivity (Wildman–Crippen MR) is 71.5 cm³/mol. The molecule has 5 heteroatoms. The van der Waals surface area contributed by atoms with E-state index in [1.165, 1.54) is 5.56 Å². The maximum Gasteiger partial charge on any atom is 0.174 e. The summed E-state index contributed by atoms with van der Waals surface area (Å²) >= 11 is 0. The molecule has 0 aliphatic carbocycles. The molecule has 0 atom stereocenters. The number of nitrogens with zero attached hydrogens (tertiary/aromatic N) is 2. The molecule has 2 aromatic rings. The number of ether oxygens (including phenoxy) is 1. The Balaban J connectivity index is 1.69. The molecule has 0 aliphatic rings. The van der Waals surface area contributed by atoms with Gasteiger partial charge < -0.3 is 15.0 Å². The van der Waals surface area contributed by atoms with Crippen LogP contribution in [0.15, 0.2) is 36.7 Å². The SMILES string of the molecule is N#CCOc1ccc(CNCCc2ncc[nH]2)cc1. The molecule has 0 saturated heterocycles. The number of H-pyrrole nitrogens is 1. The largest absolute Gasteiger partial charge is 0.479 e. The average Bonchev–Trinajstić information content (AvgIpc) is 2.96. The predicted octanol–water partition coefficient (Wildman–Crippen LogP) is 1.64. The van der Waals surface area contributed by atoms with Gasteiger partial charge in [-0.25, -0.2) is 4.98 Å². The van der Waals surface area contributed by atoms with Gasteiger partial charge in [-0.1, -0.05) is 12.1 Å². The second-order valence-electron chi connectivity index (χ2n) is 4.05. The first-order valence-corrected chi connectivity index (χ1v) is 6.16. The second-order valence-corrected chi connectivity index (χ2v) is 4.05. The van der Waals surface area contributed by atoms with Crippen LogP contribution in [-0.4, -0.2) is 23.1 Å². The number of hydrogen-bond donors (Lipinski definition) is 2. The van der Waals surface area contributed by atoms with Crippen LogP contribution in [0.1, 0.15) is 11.4 Å². The molecule has 19 heavy (non-hydrogen) atoms. The fourth-order valence-electron chi connectivity index (χ4n) is 1.69. The molecule has 1 aromatic carbocycles. The zero-order valence-corrected chi connectivity index (χ0v) is 10.6. The molecule has 0 unspecified atom stereocenters. The summed E-state index contributed by atoms with van der Waals surface area (Å²) in [5, 5.41) is 11.8. The molecular weight excluding hydrogens is 240 g/mol. The highest BCUT2D eigenvalue weighted by Gasteiger charge is 1.97. The van der Waals surface area contributed by atoms with Crippen molar-refractivity contribution in [3.05, 3.63) is 48.0 Å². The van der Waals surface area contributed by atoms with E-state index in [1.807, 2.05) is 36.5 Å². The minimum Gasteiger partial charge on any atom is -0.479 e. The molecule has 98 valence electrons. The Labute approximate surface area is 112 Å². The van der Waals surface area contributed by atoms with E-state index in [0.717, 1.165) is 31.1 Å². The van der Waals surface area contributed by atoms with Crippen molar-refractivity contribution in [3.8, 4) is 11.8 Å². The highest BCUT2D eigenvalue weighted by atomic mass is 16.5. The minimum atomic E-state index is 0.0841. The molecule has 0 aliphatic heterocycles. The number of aromatic amines is 1. The lowest BCUT2D eigenvalue weighted by atomic mass is 10.2. The summed E-state index contributed by atoms with van der Waals surface area (Å²) in [5.41, 5.74) is 1.18. The number of imidazole rings is 1. The lowest BCUT2D eigenvalue weighted by molar-refractivity contribution is 0.368. The number of hydrogen-bond acceptors (Lipinski definition) is 4. The van der Waals surface area contributed by atoms with Gasteiger partial charge in [0.1, 0.15) is 17.6 Å². The Bertz CT molecular complexity index is 513. The summed E-state index contributed by atoms with van der Waals surface area (Å²) in [4.78, 5) is 7.23. The van der Waals surface area contributed by atoms with Gasteiger partial charge in [0.25, 0.3) is 0 Å². The summed E-state index contributed by atoms with van der Waals surface area (Å²) in [6.45, 7) is 1.76. The first-order chi connectivity index (χ1) is 9.38. The van der Waals surface area contributed by atoms with Crippen LogP contribution in [-0.2, 0) is 13.0 Å². The third kappa shape index (κ3) is 4.45. The van der Waals surface area contributed by atoms with Gasteiger partial charge in [0.15, 0.2) is 6.61 Å². The van der Waals surface area contributed by atoms with E-state index in [-0.39, 0.29) is 6.61 Å². The first-order valence-electron chi connectivity index (χ1n) is 6.16. The van der Waals surface area contributed by atoms with Crippen LogP contribution in [0.25, 0.3) is 0 Å². The highest BCUT2D eigenvalue weighted by Crippen LogP contribution is 2.11. The number of aromatic nitrogens is 2. The normalized spacial score (nSPS) is 10.1. The minimum absolute atomic E-state index is 0.0841. The molecule has 0 saturated carbocycles. The number of nitriles is 1. The van der Waals surface area contributed by atoms with E-state index in [2.05, 4.69) is 15.3 Å². The second kappa shape index (κ2) is 7.19. The smallest absolute Gasteiger partial charge is 0.174 e. The Morgan fingerprint density at radius 3 is 2.84 bits per heavy atom. The molecule has 5 nitrogen and oxygen atoms in total. The van der Waals surface area contributed by atoms with Crippen LogP contribution < -0.4 is 10.1 Å². The van der Waals surface area contributed by atoms with E-state index in [0.29, 0.717) is 0 Å². The summed E-state index contributed by atoms with van der Waals surface area (Å²) < 4.78 is 5.19. The third-order valence-corrected chi connectivity index (χ3v) is 2.65. The monoisotopic (exact) mass is 256 g/mol. The van der Waals surface area contributed by atoms with Gasteiger partial charge >= 0.3 is 0 Å². The highest BCUT2D eigenvalue weighted by molar-refractivity contribution is 5.27. The van der Waals surface area contributed by atoms with Crippen LogP contribution in [0.2, 0.25) is 0 Å². The fraction of sp³-hybridized carbons (Fsp3) is 0.286. The maximum atomic E-state index is 8.41. The molecule has 0 radical (unpaired) electrons. The van der Waals surface area contributed by atoms with Crippen molar-refractivity contribution in [2.45, 2.75) is 13.0 Å². The van der Waals surface area contributed by atoms with Gasteiger partial charge in [0.05, 0.1) is 0 Å². The quantitative estimate of drug-likeness (QED) is 0.739. The lowest BCUT2D eigenvalue weighted by Crippen LogP contribution is -2.17. The van der Waals surface area contributed by atoms with Crippen LogP contribution in [0.3, 0.4) is 0 Å². The van der Waals surface area contributed by atoms with Crippen molar-refractivity contribution in [1.82, 2.24) is 15.3 Å². The van der Waals surface area contributed by atoms with Crippen molar-refractivity contribution in [1.29, 1.82) is 5.26 Å². The molecule has 1 heterocycles. The fourth-order valence-corrected chi connectivity index (χ4v) is 1.69. The molecular formula is C14H16N4O. The molecule has 0 bridgehead atoms. The maximum absolute atomic E-state index is 8.41. The van der Waals surface area contributed by atoms with Crippen LogP contribution in [0.4, 0.5) is 0 Å². The zero-order valence-electron chi connectivity index (χ0n) is 10.6. The van der Waals surface area contributed by atoms with Gasteiger partial charge in [0, 0.05) is 31.9 Å². The number of nitrogens with one attached hydrogen (secondary N) is 2. The average molecular weight is 256 g/mol. The van der Waals surface area contributed by atoms with E-state index in [4.69, 9.17) is 10.00 Å². The van der Waals surface area contributed by atoms with E-state index >= 15 is 0 Å². The molecule has 2 N–H and O–H groups in total. The van der Waals surface area contributed by atoms with Gasteiger partial charge in [-0.2, -0.15) is 5.26 Å². The van der Waals surface area contributed by atoms with Crippen molar-refractivity contribution >= 4 is 0 Å². The Hall–Kier alpha value is -2.32. The van der Waals surface area contributed by atoms with Crippen LogP contribution in [0, 0.1) is 11.3 Å². The topological polar surface area (TPSA) is 73.7 Å². The lowest BCUT2D eigenvalue weighted by Gasteiger charge is -2.05. The number of rotatable bonds is 7. The zero-order chi connectivity index (χ0) is 13.3. The molecule has 0 spiro atoms. The molecule has 2 rings (SSSR count). The van der Waals surface area contributed by atoms with Crippen molar-refractivity contribution in [2.24, 2.45) is 0 Å². The Morgan fingerprint density at radius 1 is 1.32 bits per heavy atom. The first kappa shape index (κ1) is 13.1. The molecule has 1 aromatic heterocycles. The van der Waals surface area contributed by atoms with Gasteiger partial charge in [-0.3, -0.25) is 0 Å². The molecule has 0 fully saturated rings. The van der Waals surface area contributed by atoms with Gasteiger partial charge in [-0.05, 0) is 17.7 Å². The summed E-state index contributed by atoms with van der Waals surface area (Å²) in [7, 11) is 0. The summed E-state index contributed by atoms with van der Waals surface area (Å²) in [6.07, 6.45) is 4.47. The number of benzene rings is 1. The molecule has 0 amide bonds. The van der Waals surface area contributed by atoms with Crippen LogP contribution in [0.5, 0.6) is 5.75 Å². The van der Waals surface area contributed by atoms with Crippen LogP contribution >= 0.6 is 0 Å². The van der Waals surface area contributed by atoms with Gasteiger partial charge in [0.2, 0.25) is 0 Å². The van der Waals surface area contributed by atoms with Crippen molar-refractivity contribution in [2.75, 3.05) is 13.2 Å². The standard InChI is InChI=1S/C14H16N4O/c15-6-10-19-13-3-1-12(2-4-13)11-16-7-5-14-17-8-9-18-14/h1-4,8-9,16H,5,7,10-11H2,(H,17,18). The van der Waals surface area contributed by atoms with E-state index < -0.39 is 0 Å².